The van der Waals surface area contributed by atoms with Gasteiger partial charge in [-0.05, 0) is 18.2 Å². The molecule has 0 bridgehead atoms. The van der Waals surface area contributed by atoms with Crippen molar-refractivity contribution in [3.63, 3.8) is 0 Å². The smallest absolute Gasteiger partial charge is 0.150 e. The van der Waals surface area contributed by atoms with E-state index in [1.165, 1.54) is 11.3 Å². The van der Waals surface area contributed by atoms with Crippen LogP contribution in [-0.4, -0.2) is 4.98 Å². The predicted molar refractivity (Wildman–Crippen MR) is 75.9 cm³/mol. The number of rotatable bonds is 3. The van der Waals surface area contributed by atoms with E-state index in [4.69, 9.17) is 46.4 Å². The van der Waals surface area contributed by atoms with Gasteiger partial charge in [-0.1, -0.05) is 46.4 Å². The van der Waals surface area contributed by atoms with Crippen molar-refractivity contribution in [3.8, 4) is 0 Å². The van der Waals surface area contributed by atoms with E-state index in [0.717, 1.165) is 9.21 Å². The Morgan fingerprint density at radius 2 is 1.88 bits per heavy atom. The van der Waals surface area contributed by atoms with Crippen molar-refractivity contribution in [2.45, 2.75) is 6.54 Å². The zero-order valence-electron chi connectivity index (χ0n) is 8.31. The standard InChI is InChI=1S/C10H6Cl4N2S/c11-6-3-7(12)10(16-9(6)14)15-4-5-1-2-8(13)17-5/h1-3H,4H2,(H,15,16). The highest BCUT2D eigenvalue weighted by molar-refractivity contribution is 7.16. The Hall–Kier alpha value is -0.190. The van der Waals surface area contributed by atoms with Gasteiger partial charge in [0.05, 0.1) is 20.9 Å². The minimum absolute atomic E-state index is 0.225. The van der Waals surface area contributed by atoms with Gasteiger partial charge in [-0.2, -0.15) is 0 Å². The highest BCUT2D eigenvalue weighted by atomic mass is 35.5. The van der Waals surface area contributed by atoms with E-state index >= 15 is 0 Å². The molecule has 1 N–H and O–H groups in total. The summed E-state index contributed by atoms with van der Waals surface area (Å²) < 4.78 is 0.745. The number of hydrogen-bond donors (Lipinski definition) is 1. The summed E-state index contributed by atoms with van der Waals surface area (Å²) >= 11 is 24.9. The molecule has 0 atom stereocenters. The number of pyridine rings is 1. The van der Waals surface area contributed by atoms with Gasteiger partial charge in [0.25, 0.3) is 0 Å². The van der Waals surface area contributed by atoms with Crippen molar-refractivity contribution in [2.75, 3.05) is 5.32 Å². The Morgan fingerprint density at radius 3 is 2.53 bits per heavy atom. The fraction of sp³-hybridized carbons (Fsp3) is 0.100. The first-order chi connectivity index (χ1) is 8.06. The van der Waals surface area contributed by atoms with Crippen molar-refractivity contribution in [1.29, 1.82) is 0 Å². The number of hydrogen-bond acceptors (Lipinski definition) is 3. The van der Waals surface area contributed by atoms with Crippen LogP contribution in [0, 0.1) is 0 Å². The number of halogens is 4. The second-order valence-corrected chi connectivity index (χ2v) is 6.12. The molecular weight excluding hydrogens is 322 g/mol. The molecule has 2 heterocycles. The maximum absolute atomic E-state index is 5.98. The summed E-state index contributed by atoms with van der Waals surface area (Å²) in [6.45, 7) is 0.585. The first-order valence-electron chi connectivity index (χ1n) is 4.56. The van der Waals surface area contributed by atoms with Crippen molar-refractivity contribution in [3.05, 3.63) is 42.6 Å². The third-order valence-electron chi connectivity index (χ3n) is 1.95. The van der Waals surface area contributed by atoms with Crippen molar-refractivity contribution in [1.82, 2.24) is 4.98 Å². The van der Waals surface area contributed by atoms with Gasteiger partial charge in [-0.25, -0.2) is 4.98 Å². The number of nitrogens with zero attached hydrogens (tertiary/aromatic N) is 1. The van der Waals surface area contributed by atoms with Crippen molar-refractivity contribution >= 4 is 63.6 Å². The Labute approximate surface area is 122 Å². The lowest BCUT2D eigenvalue weighted by molar-refractivity contribution is 1.14. The molecule has 0 fully saturated rings. The van der Waals surface area contributed by atoms with Gasteiger partial charge in [-0.15, -0.1) is 11.3 Å². The molecule has 17 heavy (non-hydrogen) atoms. The number of anilines is 1. The predicted octanol–water partition coefficient (Wildman–Crippen LogP) is 5.37. The van der Waals surface area contributed by atoms with E-state index in [2.05, 4.69) is 10.3 Å². The molecule has 2 nitrogen and oxygen atoms in total. The minimum atomic E-state index is 0.225. The van der Waals surface area contributed by atoms with Gasteiger partial charge >= 0.3 is 0 Å². The first kappa shape index (κ1) is 13.2. The van der Waals surface area contributed by atoms with Crippen LogP contribution in [0.2, 0.25) is 19.5 Å². The van der Waals surface area contributed by atoms with Crippen LogP contribution < -0.4 is 5.32 Å². The van der Waals surface area contributed by atoms with Crippen molar-refractivity contribution in [2.24, 2.45) is 0 Å². The molecule has 0 aliphatic heterocycles. The van der Waals surface area contributed by atoms with E-state index in [0.29, 0.717) is 22.4 Å². The van der Waals surface area contributed by atoms with Gasteiger partial charge in [0, 0.05) is 4.88 Å². The molecule has 2 rings (SSSR count). The van der Waals surface area contributed by atoms with Crippen LogP contribution in [-0.2, 0) is 6.54 Å². The molecule has 0 aromatic carbocycles. The van der Waals surface area contributed by atoms with Gasteiger partial charge in [0.2, 0.25) is 0 Å². The van der Waals surface area contributed by atoms with Crippen LogP contribution in [0.25, 0.3) is 0 Å². The van der Waals surface area contributed by atoms with E-state index in [9.17, 15) is 0 Å². The molecule has 2 aromatic rings. The van der Waals surface area contributed by atoms with Gasteiger partial charge in [0.1, 0.15) is 11.0 Å². The zero-order chi connectivity index (χ0) is 12.4. The highest BCUT2D eigenvalue weighted by Crippen LogP contribution is 2.29. The summed E-state index contributed by atoms with van der Waals surface area (Å²) in [5.41, 5.74) is 0. The topological polar surface area (TPSA) is 24.9 Å². The Kier molecular flexibility index (Phi) is 4.39. The average molecular weight is 328 g/mol. The molecule has 0 saturated heterocycles. The monoisotopic (exact) mass is 326 g/mol. The third kappa shape index (κ3) is 3.39. The van der Waals surface area contributed by atoms with Gasteiger partial charge < -0.3 is 5.32 Å². The molecule has 0 saturated carbocycles. The normalized spacial score (nSPS) is 10.6. The SMILES string of the molecule is Clc1ccc(CNc2nc(Cl)c(Cl)cc2Cl)s1. The van der Waals surface area contributed by atoms with Gasteiger partial charge in [0.15, 0.2) is 0 Å². The minimum Gasteiger partial charge on any atom is -0.364 e. The largest absolute Gasteiger partial charge is 0.364 e. The summed E-state index contributed by atoms with van der Waals surface area (Å²) in [6, 6.07) is 5.33. The second kappa shape index (κ2) is 5.63. The second-order valence-electron chi connectivity index (χ2n) is 3.15. The Balaban J connectivity index is 2.11. The van der Waals surface area contributed by atoms with Gasteiger partial charge in [-0.3, -0.25) is 0 Å². The van der Waals surface area contributed by atoms with Crippen LogP contribution >= 0.6 is 57.7 Å². The lowest BCUT2D eigenvalue weighted by Crippen LogP contribution is -2.00. The van der Waals surface area contributed by atoms with Crippen molar-refractivity contribution < 1.29 is 0 Å². The Morgan fingerprint density at radius 1 is 1.12 bits per heavy atom. The molecule has 0 aliphatic rings. The molecule has 7 heteroatoms. The zero-order valence-corrected chi connectivity index (χ0v) is 12.1. The molecule has 90 valence electrons. The Bertz CT molecular complexity index is 541. The summed E-state index contributed by atoms with van der Waals surface area (Å²) in [5, 5.41) is 4.07. The lowest BCUT2D eigenvalue weighted by atomic mass is 10.4. The molecule has 0 radical (unpaired) electrons. The summed E-state index contributed by atoms with van der Waals surface area (Å²) in [4.78, 5) is 5.14. The lowest BCUT2D eigenvalue weighted by Gasteiger charge is -2.07. The highest BCUT2D eigenvalue weighted by Gasteiger charge is 2.08. The summed E-state index contributed by atoms with van der Waals surface area (Å²) in [7, 11) is 0. The average Bonchev–Trinajstić information content (AvgIpc) is 2.68. The van der Waals surface area contributed by atoms with Crippen LogP contribution in [0.15, 0.2) is 18.2 Å². The number of nitrogens with one attached hydrogen (secondary N) is 1. The summed E-state index contributed by atoms with van der Waals surface area (Å²) in [5.74, 6) is 0.505. The fourth-order valence-electron chi connectivity index (χ4n) is 1.19. The molecule has 0 amide bonds. The number of aromatic nitrogens is 1. The van der Waals surface area contributed by atoms with E-state index in [1.807, 2.05) is 12.1 Å². The summed E-state index contributed by atoms with van der Waals surface area (Å²) in [6.07, 6.45) is 0. The van der Waals surface area contributed by atoms with E-state index in [1.54, 1.807) is 6.07 Å². The van der Waals surface area contributed by atoms with Crippen LogP contribution in [0.3, 0.4) is 0 Å². The number of thiophene rings is 1. The maximum atomic E-state index is 5.98. The van der Waals surface area contributed by atoms with E-state index < -0.39 is 0 Å². The molecule has 0 unspecified atom stereocenters. The first-order valence-corrected chi connectivity index (χ1v) is 6.88. The van der Waals surface area contributed by atoms with Crippen LogP contribution in [0.4, 0.5) is 5.82 Å². The molecule has 0 spiro atoms. The molecule has 2 aromatic heterocycles. The molecule has 0 aliphatic carbocycles. The van der Waals surface area contributed by atoms with Crippen LogP contribution in [0.5, 0.6) is 0 Å². The third-order valence-corrected chi connectivity index (χ3v) is 4.14. The van der Waals surface area contributed by atoms with Crippen LogP contribution in [0.1, 0.15) is 4.88 Å². The fourth-order valence-corrected chi connectivity index (χ4v) is 2.78. The quantitative estimate of drug-likeness (QED) is 0.766. The van der Waals surface area contributed by atoms with E-state index in [-0.39, 0.29) is 5.15 Å². The molecular formula is C10H6Cl4N2S. The maximum Gasteiger partial charge on any atom is 0.150 e.